The van der Waals surface area contributed by atoms with Gasteiger partial charge in [0.15, 0.2) is 0 Å². The quantitative estimate of drug-likeness (QED) is 0.709. The van der Waals surface area contributed by atoms with E-state index in [-0.39, 0.29) is 35.9 Å². The molecule has 5 nitrogen and oxygen atoms in total. The van der Waals surface area contributed by atoms with Crippen molar-refractivity contribution in [1.29, 1.82) is 0 Å². The van der Waals surface area contributed by atoms with E-state index in [1.165, 1.54) is 24.3 Å². The molecular formula is C20H19F2N3O2. The second-order valence-corrected chi connectivity index (χ2v) is 6.51. The molecule has 140 valence electrons. The highest BCUT2D eigenvalue weighted by Gasteiger charge is 2.24. The molecule has 0 aliphatic carbocycles. The SMILES string of the molecule is CC(C)C(C(=O)NCc1nc(-c2ccc(F)cc2)no1)c1ccc(F)cc1. The van der Waals surface area contributed by atoms with Crippen LogP contribution in [0.2, 0.25) is 0 Å². The highest BCUT2D eigenvalue weighted by molar-refractivity contribution is 5.83. The lowest BCUT2D eigenvalue weighted by Crippen LogP contribution is -2.31. The zero-order valence-corrected chi connectivity index (χ0v) is 14.9. The summed E-state index contributed by atoms with van der Waals surface area (Å²) in [5.41, 5.74) is 1.35. The van der Waals surface area contributed by atoms with Crippen LogP contribution in [0.1, 0.15) is 31.2 Å². The molecule has 1 N–H and O–H groups in total. The minimum Gasteiger partial charge on any atom is -0.346 e. The summed E-state index contributed by atoms with van der Waals surface area (Å²) in [7, 11) is 0. The fourth-order valence-corrected chi connectivity index (χ4v) is 2.82. The molecule has 0 fully saturated rings. The Balaban J connectivity index is 1.67. The van der Waals surface area contributed by atoms with Gasteiger partial charge in [-0.1, -0.05) is 31.1 Å². The van der Waals surface area contributed by atoms with Crippen molar-refractivity contribution in [2.75, 3.05) is 0 Å². The molecule has 1 atom stereocenters. The number of hydrogen-bond acceptors (Lipinski definition) is 4. The third-order valence-corrected chi connectivity index (χ3v) is 4.16. The van der Waals surface area contributed by atoms with E-state index in [4.69, 9.17) is 4.52 Å². The number of nitrogens with zero attached hydrogens (tertiary/aromatic N) is 2. The van der Waals surface area contributed by atoms with Gasteiger partial charge in [0.05, 0.1) is 12.5 Å². The second kappa shape index (κ2) is 8.07. The molecule has 0 saturated heterocycles. The maximum absolute atomic E-state index is 13.1. The molecule has 2 aromatic carbocycles. The number of hydrogen-bond donors (Lipinski definition) is 1. The highest BCUT2D eigenvalue weighted by Crippen LogP contribution is 2.25. The third-order valence-electron chi connectivity index (χ3n) is 4.16. The van der Waals surface area contributed by atoms with Crippen LogP contribution in [0.3, 0.4) is 0 Å². The lowest BCUT2D eigenvalue weighted by Gasteiger charge is -2.20. The molecular weight excluding hydrogens is 352 g/mol. The van der Waals surface area contributed by atoms with Crippen molar-refractivity contribution in [2.45, 2.75) is 26.3 Å². The molecule has 0 saturated carbocycles. The first-order valence-corrected chi connectivity index (χ1v) is 8.55. The molecule has 7 heteroatoms. The normalized spacial score (nSPS) is 12.2. The van der Waals surface area contributed by atoms with Crippen molar-refractivity contribution < 1.29 is 18.1 Å². The van der Waals surface area contributed by atoms with Crippen LogP contribution < -0.4 is 5.32 Å². The topological polar surface area (TPSA) is 68.0 Å². The molecule has 1 aromatic heterocycles. The van der Waals surface area contributed by atoms with Crippen LogP contribution in [-0.4, -0.2) is 16.0 Å². The Morgan fingerprint density at radius 2 is 1.63 bits per heavy atom. The van der Waals surface area contributed by atoms with Crippen molar-refractivity contribution in [3.05, 3.63) is 71.6 Å². The predicted molar refractivity (Wildman–Crippen MR) is 95.5 cm³/mol. The highest BCUT2D eigenvalue weighted by atomic mass is 19.1. The zero-order valence-electron chi connectivity index (χ0n) is 14.9. The van der Waals surface area contributed by atoms with Gasteiger partial charge >= 0.3 is 0 Å². The largest absolute Gasteiger partial charge is 0.346 e. The van der Waals surface area contributed by atoms with Crippen LogP contribution in [0.15, 0.2) is 53.1 Å². The summed E-state index contributed by atoms with van der Waals surface area (Å²) in [6.45, 7) is 3.91. The molecule has 0 radical (unpaired) electrons. The van der Waals surface area contributed by atoms with Crippen molar-refractivity contribution in [3.8, 4) is 11.4 Å². The summed E-state index contributed by atoms with van der Waals surface area (Å²) in [4.78, 5) is 16.8. The van der Waals surface area contributed by atoms with Gasteiger partial charge in [-0.15, -0.1) is 0 Å². The van der Waals surface area contributed by atoms with Gasteiger partial charge in [-0.05, 0) is 47.9 Å². The van der Waals surface area contributed by atoms with Crippen LogP contribution in [0.4, 0.5) is 8.78 Å². The molecule has 27 heavy (non-hydrogen) atoms. The van der Waals surface area contributed by atoms with E-state index < -0.39 is 5.92 Å². The standard InChI is InChI=1S/C20H19F2N3O2/c1-12(2)18(13-3-7-15(21)8-4-13)20(26)23-11-17-24-19(25-27-17)14-5-9-16(22)10-6-14/h3-10,12,18H,11H2,1-2H3,(H,23,26). The van der Waals surface area contributed by atoms with Crippen LogP contribution in [-0.2, 0) is 11.3 Å². The Labute approximate surface area is 155 Å². The van der Waals surface area contributed by atoms with E-state index in [2.05, 4.69) is 15.5 Å². The van der Waals surface area contributed by atoms with Gasteiger partial charge in [-0.25, -0.2) is 8.78 Å². The number of carbonyl (C=O) groups is 1. The van der Waals surface area contributed by atoms with Gasteiger partial charge in [0, 0.05) is 5.56 Å². The Bertz CT molecular complexity index is 906. The van der Waals surface area contributed by atoms with Crippen LogP contribution in [0.25, 0.3) is 11.4 Å². The van der Waals surface area contributed by atoms with Gasteiger partial charge in [-0.3, -0.25) is 4.79 Å². The first-order chi connectivity index (χ1) is 12.9. The number of carbonyl (C=O) groups excluding carboxylic acids is 1. The Morgan fingerprint density at radius 1 is 1.04 bits per heavy atom. The summed E-state index contributed by atoms with van der Waals surface area (Å²) in [5, 5.41) is 6.62. The van der Waals surface area contributed by atoms with Gasteiger partial charge in [-0.2, -0.15) is 4.98 Å². The minimum absolute atomic E-state index is 0.0212. The smallest absolute Gasteiger partial charge is 0.246 e. The third kappa shape index (κ3) is 4.55. The molecule has 1 heterocycles. The number of benzene rings is 2. The van der Waals surface area contributed by atoms with E-state index in [9.17, 15) is 13.6 Å². The molecule has 0 bridgehead atoms. The maximum Gasteiger partial charge on any atom is 0.246 e. The van der Waals surface area contributed by atoms with Crippen molar-refractivity contribution in [1.82, 2.24) is 15.5 Å². The molecule has 1 unspecified atom stereocenters. The summed E-state index contributed by atoms with van der Waals surface area (Å²) >= 11 is 0. The van der Waals surface area contributed by atoms with E-state index in [1.807, 2.05) is 13.8 Å². The Hall–Kier alpha value is -3.09. The molecule has 3 rings (SSSR count). The van der Waals surface area contributed by atoms with Gasteiger partial charge in [0.1, 0.15) is 11.6 Å². The number of amides is 1. The van der Waals surface area contributed by atoms with Gasteiger partial charge < -0.3 is 9.84 Å². The predicted octanol–water partition coefficient (Wildman–Crippen LogP) is 4.07. The Kier molecular flexibility index (Phi) is 5.59. The van der Waals surface area contributed by atoms with Crippen LogP contribution >= 0.6 is 0 Å². The summed E-state index contributed by atoms with van der Waals surface area (Å²) in [5.74, 6) is -0.755. The lowest BCUT2D eigenvalue weighted by molar-refractivity contribution is -0.123. The number of nitrogens with one attached hydrogen (secondary N) is 1. The molecule has 0 aliphatic heterocycles. The van der Waals surface area contributed by atoms with Gasteiger partial charge in [0.2, 0.25) is 17.6 Å². The van der Waals surface area contributed by atoms with E-state index in [0.717, 1.165) is 5.56 Å². The molecule has 3 aromatic rings. The number of halogens is 2. The monoisotopic (exact) mass is 371 g/mol. The fourth-order valence-electron chi connectivity index (χ4n) is 2.82. The summed E-state index contributed by atoms with van der Waals surface area (Å²) < 4.78 is 31.3. The fraction of sp³-hybridized carbons (Fsp3) is 0.250. The first kappa shape index (κ1) is 18.7. The number of rotatable bonds is 6. The van der Waals surface area contributed by atoms with Crippen molar-refractivity contribution >= 4 is 5.91 Å². The maximum atomic E-state index is 13.1. The summed E-state index contributed by atoms with van der Waals surface area (Å²) in [6.07, 6.45) is 0. The lowest BCUT2D eigenvalue weighted by atomic mass is 9.87. The second-order valence-electron chi connectivity index (χ2n) is 6.51. The minimum atomic E-state index is -0.426. The Morgan fingerprint density at radius 3 is 2.22 bits per heavy atom. The van der Waals surface area contributed by atoms with Crippen LogP contribution in [0, 0.1) is 17.6 Å². The van der Waals surface area contributed by atoms with Crippen LogP contribution in [0.5, 0.6) is 0 Å². The summed E-state index contributed by atoms with van der Waals surface area (Å²) in [6, 6.07) is 11.6. The van der Waals surface area contributed by atoms with Crippen molar-refractivity contribution in [3.63, 3.8) is 0 Å². The van der Waals surface area contributed by atoms with E-state index in [1.54, 1.807) is 24.3 Å². The van der Waals surface area contributed by atoms with Crippen molar-refractivity contribution in [2.24, 2.45) is 5.92 Å². The molecule has 0 aliphatic rings. The molecule has 0 spiro atoms. The number of aromatic nitrogens is 2. The first-order valence-electron chi connectivity index (χ1n) is 8.55. The van der Waals surface area contributed by atoms with E-state index >= 15 is 0 Å². The zero-order chi connectivity index (χ0) is 19.4. The van der Waals surface area contributed by atoms with E-state index in [0.29, 0.717) is 11.4 Å². The molecule has 1 amide bonds. The average molecular weight is 371 g/mol. The van der Waals surface area contributed by atoms with Gasteiger partial charge in [0.25, 0.3) is 0 Å². The average Bonchev–Trinajstić information content (AvgIpc) is 3.11.